The van der Waals surface area contributed by atoms with Gasteiger partial charge in [-0.3, -0.25) is 0 Å². The quantitative estimate of drug-likeness (QED) is 0.157. The average molecular weight is 875 g/mol. The Morgan fingerprint density at radius 3 is 1.23 bits per heavy atom. The molecule has 2 heteroatoms. The van der Waals surface area contributed by atoms with Crippen LogP contribution in [0.3, 0.4) is 0 Å². The summed E-state index contributed by atoms with van der Waals surface area (Å²) in [6, 6.07) is 87.9. The Balaban J connectivity index is 0.804. The van der Waals surface area contributed by atoms with Crippen molar-refractivity contribution in [3.8, 4) is 66.8 Å². The van der Waals surface area contributed by atoms with Crippen molar-refractivity contribution in [3.05, 3.63) is 242 Å². The molecule has 11 aromatic carbocycles. The Labute approximate surface area is 398 Å². The summed E-state index contributed by atoms with van der Waals surface area (Å²) in [5.41, 5.74) is 23.6. The number of hydrogen-bond acceptors (Lipinski definition) is 0. The summed E-state index contributed by atoms with van der Waals surface area (Å²) in [4.78, 5) is 0. The van der Waals surface area contributed by atoms with Gasteiger partial charge < -0.3 is 8.80 Å². The molecule has 15 aromatic rings. The molecule has 0 aliphatic carbocycles. The van der Waals surface area contributed by atoms with E-state index in [2.05, 4.69) is 252 Å². The van der Waals surface area contributed by atoms with Gasteiger partial charge in [-0.15, -0.1) is 0 Å². The average Bonchev–Trinajstić information content (AvgIpc) is 4.15. The van der Waals surface area contributed by atoms with E-state index in [1.165, 1.54) is 149 Å². The Morgan fingerprint density at radius 2 is 0.580 bits per heavy atom. The molecule has 0 saturated carbocycles. The summed E-state index contributed by atoms with van der Waals surface area (Å²) >= 11 is 0. The molecule has 0 bridgehead atoms. The molecule has 0 N–H and O–H groups in total. The molecule has 0 radical (unpaired) electrons. The van der Waals surface area contributed by atoms with Crippen LogP contribution in [-0.2, 0) is 0 Å². The van der Waals surface area contributed by atoms with Crippen molar-refractivity contribution < 1.29 is 0 Å². The molecule has 4 aromatic heterocycles. The van der Waals surface area contributed by atoms with Crippen LogP contribution in [-0.4, -0.2) is 8.80 Å². The Morgan fingerprint density at radius 1 is 0.217 bits per heavy atom. The zero-order valence-electron chi connectivity index (χ0n) is 37.9. The lowest BCUT2D eigenvalue weighted by Gasteiger charge is -2.12. The van der Waals surface area contributed by atoms with Crippen LogP contribution < -0.4 is 0 Å². The number of fused-ring (bicyclic) bond motifs is 12. The number of aromatic nitrogens is 2. The van der Waals surface area contributed by atoms with Crippen molar-refractivity contribution in [3.63, 3.8) is 0 Å². The highest BCUT2D eigenvalue weighted by Crippen LogP contribution is 2.45. The van der Waals surface area contributed by atoms with Gasteiger partial charge in [-0.2, -0.15) is 0 Å². The number of benzene rings is 11. The minimum atomic E-state index is 1.21. The summed E-state index contributed by atoms with van der Waals surface area (Å²) in [6.07, 6.45) is 0. The van der Waals surface area contributed by atoms with Crippen LogP contribution in [0.25, 0.3) is 143 Å². The lowest BCUT2D eigenvalue weighted by Crippen LogP contribution is -1.88. The molecule has 0 saturated heterocycles. The highest BCUT2D eigenvalue weighted by molar-refractivity contribution is 6.26. The van der Waals surface area contributed by atoms with E-state index in [0.29, 0.717) is 0 Å². The maximum absolute atomic E-state index is 2.49. The summed E-state index contributed by atoms with van der Waals surface area (Å²) < 4.78 is 4.96. The van der Waals surface area contributed by atoms with Crippen LogP contribution in [0.2, 0.25) is 0 Å². The maximum atomic E-state index is 2.49. The first-order valence-corrected chi connectivity index (χ1v) is 24.0. The fraction of sp³-hybridized carbons (Fsp3) is 0.0149. The normalized spacial score (nSPS) is 12.1. The molecule has 15 rings (SSSR count). The summed E-state index contributed by atoms with van der Waals surface area (Å²) in [6.45, 7) is 2.26. The molecule has 69 heavy (non-hydrogen) atoms. The molecule has 0 spiro atoms. The van der Waals surface area contributed by atoms with Gasteiger partial charge in [0.2, 0.25) is 0 Å². The fourth-order valence-electron chi connectivity index (χ4n) is 11.9. The molecule has 0 unspecified atom stereocenters. The van der Waals surface area contributed by atoms with Gasteiger partial charge in [0, 0.05) is 43.1 Å². The number of para-hydroxylation sites is 3. The first-order valence-electron chi connectivity index (χ1n) is 24.0. The van der Waals surface area contributed by atoms with Crippen LogP contribution in [0.1, 0.15) is 5.56 Å². The van der Waals surface area contributed by atoms with Crippen LogP contribution in [0, 0.1) is 6.92 Å². The molecule has 4 heterocycles. The van der Waals surface area contributed by atoms with E-state index in [1.807, 2.05) is 0 Å². The minimum absolute atomic E-state index is 1.21. The van der Waals surface area contributed by atoms with Gasteiger partial charge in [0.05, 0.1) is 33.1 Å². The second kappa shape index (κ2) is 14.5. The second-order valence-electron chi connectivity index (χ2n) is 18.9. The Bertz CT molecular complexity index is 4530. The third-order valence-electron chi connectivity index (χ3n) is 15.1. The van der Waals surface area contributed by atoms with E-state index in [-0.39, 0.29) is 0 Å². The van der Waals surface area contributed by atoms with Gasteiger partial charge in [0.15, 0.2) is 0 Å². The van der Waals surface area contributed by atoms with Gasteiger partial charge >= 0.3 is 0 Å². The number of nitrogens with zero attached hydrogens (tertiary/aromatic N) is 2. The number of aryl methyl sites for hydroxylation is 1. The first kappa shape index (κ1) is 38.2. The Kier molecular flexibility index (Phi) is 8.02. The molecule has 320 valence electrons. The smallest absolute Gasteiger partial charge is 0.0620 e. The number of rotatable bonds is 6. The summed E-state index contributed by atoms with van der Waals surface area (Å²) in [7, 11) is 0. The van der Waals surface area contributed by atoms with Crippen LogP contribution in [0.15, 0.2) is 237 Å². The molecular weight excluding hydrogens is 833 g/mol. The predicted molar refractivity (Wildman–Crippen MR) is 293 cm³/mol. The molecule has 0 aliphatic rings. The van der Waals surface area contributed by atoms with Crippen molar-refractivity contribution in [1.29, 1.82) is 0 Å². The van der Waals surface area contributed by atoms with Crippen molar-refractivity contribution in [2.45, 2.75) is 6.92 Å². The van der Waals surface area contributed by atoms with E-state index in [9.17, 15) is 0 Å². The van der Waals surface area contributed by atoms with Gasteiger partial charge in [0.25, 0.3) is 0 Å². The standard InChI is InChI=1S/C67H42N2/c1-41-34-49(48-17-10-16-47(36-48)46-15-9-14-45(35-46)44-26-24-43(25-27-44)42-12-3-2-4-13-42)28-31-53(41)51-30-33-65-59(38-51)61-40-52(39-60-55-19-6-8-23-63(55)69(65)67(60)61)50-29-32-64-58(37-50)57-21-11-20-56-54-18-5-7-22-62(54)68(64)66(56)57/h2-40H,1H3. The predicted octanol–water partition coefficient (Wildman–Crippen LogP) is 18.3. The topological polar surface area (TPSA) is 8.82 Å². The zero-order chi connectivity index (χ0) is 45.3. The lowest BCUT2D eigenvalue weighted by molar-refractivity contribution is 1.37. The van der Waals surface area contributed by atoms with Crippen LogP contribution in [0.4, 0.5) is 0 Å². The van der Waals surface area contributed by atoms with E-state index in [0.717, 1.165) is 0 Å². The monoisotopic (exact) mass is 874 g/mol. The van der Waals surface area contributed by atoms with E-state index in [1.54, 1.807) is 0 Å². The molecule has 0 fully saturated rings. The molecule has 0 atom stereocenters. The second-order valence-corrected chi connectivity index (χ2v) is 18.9. The zero-order valence-corrected chi connectivity index (χ0v) is 37.9. The van der Waals surface area contributed by atoms with E-state index in [4.69, 9.17) is 0 Å². The molecule has 2 nitrogen and oxygen atoms in total. The fourth-order valence-corrected chi connectivity index (χ4v) is 11.9. The van der Waals surface area contributed by atoms with Gasteiger partial charge in [-0.1, -0.05) is 176 Å². The molecule has 0 amide bonds. The summed E-state index contributed by atoms with van der Waals surface area (Å²) in [5, 5.41) is 10.4. The van der Waals surface area contributed by atoms with Gasteiger partial charge in [0.1, 0.15) is 0 Å². The maximum Gasteiger partial charge on any atom is 0.0620 e. The SMILES string of the molecule is Cc1cc(-c2cccc(-c3cccc(-c4ccc(-c5ccccc5)cc4)c3)c2)ccc1-c1ccc2c(c1)c1cc(-c3ccc4c(c3)c3cccc5c6ccccc6n4c53)cc3c4ccccc4n2c31. The van der Waals surface area contributed by atoms with Crippen molar-refractivity contribution in [2.75, 3.05) is 0 Å². The third kappa shape index (κ3) is 5.67. The number of hydrogen-bond donors (Lipinski definition) is 0. The van der Waals surface area contributed by atoms with E-state index < -0.39 is 0 Å². The lowest BCUT2D eigenvalue weighted by atomic mass is 9.92. The largest absolute Gasteiger partial charge is 0.308 e. The van der Waals surface area contributed by atoms with Gasteiger partial charge in [-0.05, 0) is 140 Å². The Hall–Kier alpha value is -8.98. The molecular formula is C67H42N2. The minimum Gasteiger partial charge on any atom is -0.308 e. The highest BCUT2D eigenvalue weighted by atomic mass is 14.9. The third-order valence-corrected chi connectivity index (χ3v) is 15.1. The highest BCUT2D eigenvalue weighted by Gasteiger charge is 2.22. The molecule has 0 aliphatic heterocycles. The van der Waals surface area contributed by atoms with Crippen LogP contribution in [0.5, 0.6) is 0 Å². The van der Waals surface area contributed by atoms with Crippen molar-refractivity contribution in [2.24, 2.45) is 0 Å². The van der Waals surface area contributed by atoms with Gasteiger partial charge in [-0.25, -0.2) is 0 Å². The first-order chi connectivity index (χ1) is 34.1. The summed E-state index contributed by atoms with van der Waals surface area (Å²) in [5.74, 6) is 0. The van der Waals surface area contributed by atoms with Crippen LogP contribution >= 0.6 is 0 Å². The van der Waals surface area contributed by atoms with Crippen molar-refractivity contribution in [1.82, 2.24) is 8.80 Å². The van der Waals surface area contributed by atoms with Crippen molar-refractivity contribution >= 4 is 76.2 Å². The van der Waals surface area contributed by atoms with E-state index >= 15 is 0 Å².